The van der Waals surface area contributed by atoms with Gasteiger partial charge in [-0.25, -0.2) is 0 Å². The van der Waals surface area contributed by atoms with Crippen molar-refractivity contribution in [1.82, 2.24) is 0 Å². The average Bonchev–Trinajstić information content (AvgIpc) is 2.22. The second-order valence-corrected chi connectivity index (χ2v) is 2.32. The molecule has 0 aromatic heterocycles. The highest BCUT2D eigenvalue weighted by Crippen LogP contribution is 2.44. The summed E-state index contributed by atoms with van der Waals surface area (Å²) in [4.78, 5) is 0. The molecule has 0 aromatic carbocycles. The SMILES string of the molecule is OC1(CS)OS1. The van der Waals surface area contributed by atoms with E-state index in [4.69, 9.17) is 5.11 Å². The Labute approximate surface area is 45.5 Å². The summed E-state index contributed by atoms with van der Waals surface area (Å²) < 4.78 is 4.44. The van der Waals surface area contributed by atoms with Crippen molar-refractivity contribution in [2.45, 2.75) is 5.12 Å². The van der Waals surface area contributed by atoms with Crippen molar-refractivity contribution in [2.75, 3.05) is 5.75 Å². The van der Waals surface area contributed by atoms with Crippen LogP contribution in [-0.4, -0.2) is 16.0 Å². The largest absolute Gasteiger partial charge is 0.354 e. The van der Waals surface area contributed by atoms with Crippen molar-refractivity contribution in [3.05, 3.63) is 0 Å². The second-order valence-electron chi connectivity index (χ2n) is 1.04. The molecular formula is C2H4O2S2. The minimum atomic E-state index is -0.927. The molecule has 0 spiro atoms. The van der Waals surface area contributed by atoms with Gasteiger partial charge in [0.15, 0.2) is 0 Å². The van der Waals surface area contributed by atoms with Gasteiger partial charge in [0.05, 0.1) is 17.8 Å². The monoisotopic (exact) mass is 124 g/mol. The summed E-state index contributed by atoms with van der Waals surface area (Å²) in [7, 11) is 0. The lowest BCUT2D eigenvalue weighted by molar-refractivity contribution is 0.0599. The zero-order valence-corrected chi connectivity index (χ0v) is 4.63. The normalized spacial score (nSPS) is 43.0. The van der Waals surface area contributed by atoms with Crippen molar-refractivity contribution in [3.8, 4) is 0 Å². The van der Waals surface area contributed by atoms with Gasteiger partial charge in [-0.2, -0.15) is 12.6 Å². The second kappa shape index (κ2) is 1.30. The van der Waals surface area contributed by atoms with Crippen LogP contribution in [0.25, 0.3) is 0 Å². The maximum atomic E-state index is 8.60. The molecule has 1 rings (SSSR count). The molecular weight excluding hydrogens is 120 g/mol. The predicted molar refractivity (Wildman–Crippen MR) is 27.5 cm³/mol. The van der Waals surface area contributed by atoms with Crippen LogP contribution in [0.3, 0.4) is 0 Å². The van der Waals surface area contributed by atoms with E-state index in [0.29, 0.717) is 5.75 Å². The Kier molecular flexibility index (Phi) is 1.03. The molecule has 1 unspecified atom stereocenters. The van der Waals surface area contributed by atoms with Crippen LogP contribution in [0.5, 0.6) is 0 Å². The predicted octanol–water partition coefficient (Wildman–Crippen LogP) is 0.241. The third-order valence-electron chi connectivity index (χ3n) is 0.476. The standard InChI is InChI=1S/C2H4O2S2/c3-2(1-5)4-6-2/h3,5H,1H2. The molecule has 1 atom stereocenters. The van der Waals surface area contributed by atoms with Gasteiger partial charge in [-0.3, -0.25) is 4.18 Å². The molecule has 1 saturated heterocycles. The smallest absolute Gasteiger partial charge is 0.262 e. The minimum Gasteiger partial charge on any atom is -0.354 e. The lowest BCUT2D eigenvalue weighted by Gasteiger charge is -1.87. The molecule has 0 radical (unpaired) electrons. The van der Waals surface area contributed by atoms with E-state index >= 15 is 0 Å². The molecule has 0 aliphatic carbocycles. The van der Waals surface area contributed by atoms with Crippen LogP contribution in [0.1, 0.15) is 0 Å². The molecule has 0 bridgehead atoms. The van der Waals surface area contributed by atoms with Crippen LogP contribution >= 0.6 is 24.7 Å². The average molecular weight is 124 g/mol. The van der Waals surface area contributed by atoms with E-state index in [9.17, 15) is 0 Å². The van der Waals surface area contributed by atoms with Crippen LogP contribution in [-0.2, 0) is 4.18 Å². The zero-order valence-electron chi connectivity index (χ0n) is 2.92. The van der Waals surface area contributed by atoms with Crippen LogP contribution in [0.4, 0.5) is 0 Å². The molecule has 0 aromatic rings. The first-order chi connectivity index (χ1) is 2.77. The zero-order chi connectivity index (χ0) is 4.62. The molecule has 0 saturated carbocycles. The maximum absolute atomic E-state index is 8.60. The van der Waals surface area contributed by atoms with Gasteiger partial charge in [0.2, 0.25) is 0 Å². The fourth-order valence-electron chi connectivity index (χ4n) is 0.101. The summed E-state index contributed by atoms with van der Waals surface area (Å²) in [6, 6.07) is 0. The van der Waals surface area contributed by atoms with Gasteiger partial charge in [0.25, 0.3) is 5.12 Å². The van der Waals surface area contributed by atoms with E-state index in [2.05, 4.69) is 16.8 Å². The van der Waals surface area contributed by atoms with Gasteiger partial charge in [-0.15, -0.1) is 0 Å². The molecule has 1 aliphatic rings. The quantitative estimate of drug-likeness (QED) is 0.298. The van der Waals surface area contributed by atoms with E-state index in [1.807, 2.05) is 0 Å². The topological polar surface area (TPSA) is 32.8 Å². The molecule has 1 fully saturated rings. The lowest BCUT2D eigenvalue weighted by Crippen LogP contribution is -2.06. The highest BCUT2D eigenvalue weighted by Gasteiger charge is 2.44. The van der Waals surface area contributed by atoms with E-state index < -0.39 is 5.12 Å². The Bertz CT molecular complexity index is 60.6. The minimum absolute atomic E-state index is 0.373. The van der Waals surface area contributed by atoms with Gasteiger partial charge in [-0.1, -0.05) is 0 Å². The van der Waals surface area contributed by atoms with E-state index in [1.54, 1.807) is 0 Å². The number of aliphatic hydroxyl groups is 1. The molecule has 4 heteroatoms. The number of hydrogen-bond donors (Lipinski definition) is 2. The summed E-state index contributed by atoms with van der Waals surface area (Å²) in [6.07, 6.45) is 0. The molecule has 6 heavy (non-hydrogen) atoms. The first kappa shape index (κ1) is 4.77. The van der Waals surface area contributed by atoms with Crippen molar-refractivity contribution >= 4 is 24.7 Å². The highest BCUT2D eigenvalue weighted by atomic mass is 32.2. The number of hydrogen-bond acceptors (Lipinski definition) is 4. The Balaban J connectivity index is 2.28. The van der Waals surface area contributed by atoms with Gasteiger partial charge in [0, 0.05) is 0 Å². The molecule has 2 nitrogen and oxygen atoms in total. The van der Waals surface area contributed by atoms with Crippen LogP contribution in [0, 0.1) is 0 Å². The number of thiol groups is 1. The van der Waals surface area contributed by atoms with Crippen molar-refractivity contribution in [1.29, 1.82) is 0 Å². The third-order valence-corrected chi connectivity index (χ3v) is 1.81. The third kappa shape index (κ3) is 0.815. The molecule has 36 valence electrons. The van der Waals surface area contributed by atoms with Gasteiger partial charge in [0.1, 0.15) is 0 Å². The summed E-state index contributed by atoms with van der Waals surface area (Å²) in [5, 5.41) is 7.67. The Morgan fingerprint density at radius 1 is 2.00 bits per heavy atom. The highest BCUT2D eigenvalue weighted by molar-refractivity contribution is 8.02. The maximum Gasteiger partial charge on any atom is 0.262 e. The van der Waals surface area contributed by atoms with Crippen molar-refractivity contribution in [3.63, 3.8) is 0 Å². The fraction of sp³-hybridized carbons (Fsp3) is 1.00. The summed E-state index contributed by atoms with van der Waals surface area (Å²) in [5.74, 6) is 0.373. The Morgan fingerprint density at radius 2 is 2.50 bits per heavy atom. The fourth-order valence-corrected chi connectivity index (χ4v) is 0.619. The molecule has 1 heterocycles. The van der Waals surface area contributed by atoms with E-state index in [-0.39, 0.29) is 0 Å². The van der Waals surface area contributed by atoms with Crippen LogP contribution < -0.4 is 0 Å². The Hall–Kier alpha value is 0.620. The first-order valence-corrected chi connectivity index (χ1v) is 2.84. The van der Waals surface area contributed by atoms with Gasteiger partial charge >= 0.3 is 0 Å². The van der Waals surface area contributed by atoms with Crippen LogP contribution in [0.2, 0.25) is 0 Å². The molecule has 0 amide bonds. The Morgan fingerprint density at radius 3 is 2.50 bits per heavy atom. The van der Waals surface area contributed by atoms with E-state index in [0.717, 1.165) is 12.0 Å². The van der Waals surface area contributed by atoms with Gasteiger partial charge in [-0.05, 0) is 0 Å². The van der Waals surface area contributed by atoms with E-state index in [1.165, 1.54) is 0 Å². The summed E-state index contributed by atoms with van der Waals surface area (Å²) in [6.45, 7) is 0. The summed E-state index contributed by atoms with van der Waals surface area (Å²) in [5.41, 5.74) is 0. The van der Waals surface area contributed by atoms with Crippen molar-refractivity contribution in [2.24, 2.45) is 0 Å². The van der Waals surface area contributed by atoms with Gasteiger partial charge < -0.3 is 5.11 Å². The summed E-state index contributed by atoms with van der Waals surface area (Å²) >= 11 is 4.82. The van der Waals surface area contributed by atoms with Crippen molar-refractivity contribution < 1.29 is 9.29 Å². The molecule has 1 aliphatic heterocycles. The number of rotatable bonds is 1. The lowest BCUT2D eigenvalue weighted by atomic mass is 10.8. The first-order valence-electron chi connectivity index (χ1n) is 1.47. The van der Waals surface area contributed by atoms with Crippen LogP contribution in [0.15, 0.2) is 0 Å². The molecule has 1 N–H and O–H groups in total.